The first-order valence-corrected chi connectivity index (χ1v) is 10.7. The molecule has 0 unspecified atom stereocenters. The Morgan fingerprint density at radius 2 is 2.03 bits per heavy atom. The van der Waals surface area contributed by atoms with E-state index in [1.807, 2.05) is 25.1 Å². The maximum absolute atomic E-state index is 12.2. The number of aliphatic hydroxyl groups excluding tert-OH is 1. The lowest BCUT2D eigenvalue weighted by atomic mass is 9.84. The lowest BCUT2D eigenvalue weighted by molar-refractivity contribution is -0.142. The number of benzene rings is 1. The van der Waals surface area contributed by atoms with Gasteiger partial charge in [0.2, 0.25) is 11.8 Å². The molecule has 1 saturated heterocycles. The van der Waals surface area contributed by atoms with Crippen molar-refractivity contribution in [1.29, 1.82) is 0 Å². The average molecular weight is 402 g/mol. The highest BCUT2D eigenvalue weighted by Crippen LogP contribution is 2.47. The number of amides is 2. The van der Waals surface area contributed by atoms with Gasteiger partial charge in [0, 0.05) is 30.1 Å². The minimum absolute atomic E-state index is 0.0279. The van der Waals surface area contributed by atoms with E-state index in [0.717, 1.165) is 36.3 Å². The molecule has 4 rings (SSSR count). The van der Waals surface area contributed by atoms with Gasteiger partial charge >= 0.3 is 0 Å². The van der Waals surface area contributed by atoms with E-state index in [1.165, 1.54) is 0 Å². The maximum Gasteiger partial charge on any atom is 0.224 e. The van der Waals surface area contributed by atoms with Crippen LogP contribution in [0.25, 0.3) is 0 Å². The summed E-state index contributed by atoms with van der Waals surface area (Å²) in [5.41, 5.74) is 1.78. The molecule has 29 heavy (non-hydrogen) atoms. The van der Waals surface area contributed by atoms with E-state index in [9.17, 15) is 14.7 Å². The van der Waals surface area contributed by atoms with Crippen LogP contribution in [0.15, 0.2) is 18.2 Å². The van der Waals surface area contributed by atoms with Crippen LogP contribution in [-0.2, 0) is 14.3 Å². The fraction of sp³-hybridized carbons (Fsp3) is 0.636. The van der Waals surface area contributed by atoms with Crippen LogP contribution in [0.1, 0.15) is 56.9 Å². The van der Waals surface area contributed by atoms with Gasteiger partial charge in [-0.05, 0) is 49.8 Å². The lowest BCUT2D eigenvalue weighted by Crippen LogP contribution is -2.47. The number of nitrogens with one attached hydrogen (secondary N) is 2. The molecule has 7 heteroatoms. The van der Waals surface area contributed by atoms with Crippen molar-refractivity contribution in [1.82, 2.24) is 5.32 Å². The van der Waals surface area contributed by atoms with Gasteiger partial charge in [0.15, 0.2) is 0 Å². The van der Waals surface area contributed by atoms with Gasteiger partial charge in [-0.25, -0.2) is 0 Å². The predicted molar refractivity (Wildman–Crippen MR) is 108 cm³/mol. The summed E-state index contributed by atoms with van der Waals surface area (Å²) in [6.07, 6.45) is 3.65. The molecule has 158 valence electrons. The van der Waals surface area contributed by atoms with Crippen LogP contribution in [0, 0.1) is 5.92 Å². The summed E-state index contributed by atoms with van der Waals surface area (Å²) >= 11 is 0. The molecule has 2 aliphatic heterocycles. The highest BCUT2D eigenvalue weighted by molar-refractivity contribution is 5.91. The Bertz CT molecular complexity index is 764. The van der Waals surface area contributed by atoms with Crippen LogP contribution in [-0.4, -0.2) is 48.4 Å². The van der Waals surface area contributed by atoms with Crippen LogP contribution < -0.4 is 15.4 Å². The van der Waals surface area contributed by atoms with Crippen molar-refractivity contribution in [2.45, 2.75) is 69.7 Å². The van der Waals surface area contributed by atoms with Gasteiger partial charge in [-0.15, -0.1) is 0 Å². The predicted octanol–water partition coefficient (Wildman–Crippen LogP) is 2.34. The third-order valence-electron chi connectivity index (χ3n) is 5.94. The molecule has 1 saturated carbocycles. The van der Waals surface area contributed by atoms with Crippen molar-refractivity contribution >= 4 is 17.5 Å². The summed E-state index contributed by atoms with van der Waals surface area (Å²) in [5.74, 6) is 1.34. The third kappa shape index (κ3) is 4.73. The van der Waals surface area contributed by atoms with Crippen LogP contribution in [0.2, 0.25) is 0 Å². The molecule has 0 spiro atoms. The molecule has 3 aliphatic rings. The smallest absolute Gasteiger partial charge is 0.224 e. The van der Waals surface area contributed by atoms with E-state index < -0.39 is 6.10 Å². The number of anilines is 1. The summed E-state index contributed by atoms with van der Waals surface area (Å²) in [6.45, 7) is 2.50. The second kappa shape index (κ2) is 8.71. The van der Waals surface area contributed by atoms with E-state index >= 15 is 0 Å². The summed E-state index contributed by atoms with van der Waals surface area (Å²) in [6, 6.07) is 5.70. The zero-order chi connectivity index (χ0) is 20.4. The van der Waals surface area contributed by atoms with Gasteiger partial charge in [0.05, 0.1) is 19.1 Å². The second-order valence-electron chi connectivity index (χ2n) is 8.41. The molecule has 2 heterocycles. The summed E-state index contributed by atoms with van der Waals surface area (Å²) in [7, 11) is 0. The number of hydrogen-bond donors (Lipinski definition) is 3. The van der Waals surface area contributed by atoms with E-state index in [2.05, 4.69) is 10.6 Å². The molecule has 1 aromatic carbocycles. The van der Waals surface area contributed by atoms with Crippen molar-refractivity contribution in [3.8, 4) is 5.75 Å². The Kier molecular flexibility index (Phi) is 6.06. The van der Waals surface area contributed by atoms with Gasteiger partial charge < -0.3 is 25.2 Å². The van der Waals surface area contributed by atoms with Crippen LogP contribution in [0.3, 0.4) is 0 Å². The molecule has 2 fully saturated rings. The van der Waals surface area contributed by atoms with Crippen molar-refractivity contribution < 1.29 is 24.2 Å². The van der Waals surface area contributed by atoms with Crippen molar-refractivity contribution in [2.24, 2.45) is 5.92 Å². The number of rotatable bonds is 8. The van der Waals surface area contributed by atoms with E-state index in [-0.39, 0.29) is 43.0 Å². The first kappa shape index (κ1) is 20.2. The van der Waals surface area contributed by atoms with Crippen molar-refractivity contribution in [2.75, 3.05) is 18.5 Å². The third-order valence-corrected chi connectivity index (χ3v) is 5.94. The number of hydrogen-bond acceptors (Lipinski definition) is 5. The summed E-state index contributed by atoms with van der Waals surface area (Å²) < 4.78 is 12.0. The monoisotopic (exact) mass is 402 g/mol. The van der Waals surface area contributed by atoms with Crippen LogP contribution in [0.4, 0.5) is 5.69 Å². The lowest BCUT2D eigenvalue weighted by Gasteiger charge is -2.37. The molecular weight excluding hydrogens is 372 g/mol. The number of aliphatic hydroxyl groups is 1. The SMILES string of the molecule is CCCNC(=O)C[C@@H]1C[C@@H]2c3cc(NC(=O)CC4CC4)ccc3O[C@@H]2[C@H](CO)O1. The molecule has 7 nitrogen and oxygen atoms in total. The van der Waals surface area contributed by atoms with Crippen LogP contribution in [0.5, 0.6) is 5.75 Å². The van der Waals surface area contributed by atoms with E-state index in [4.69, 9.17) is 9.47 Å². The van der Waals surface area contributed by atoms with Gasteiger partial charge in [-0.3, -0.25) is 9.59 Å². The minimum atomic E-state index is -0.474. The van der Waals surface area contributed by atoms with Gasteiger partial charge in [0.25, 0.3) is 0 Å². The standard InChI is InChI=1S/C22H30N2O5/c1-2-7-23-20(26)11-15-10-17-16-9-14(24-21(27)8-13-3-4-13)5-6-18(16)29-22(17)19(12-25)28-15/h5-6,9,13,15,17,19,22,25H,2-4,7-8,10-12H2,1H3,(H,23,26)(H,24,27)/t15-,17+,19-,22-/m0/s1. The quantitative estimate of drug-likeness (QED) is 0.620. The molecule has 1 aromatic rings. The first-order chi connectivity index (χ1) is 14.1. The molecule has 4 atom stereocenters. The molecule has 1 aliphatic carbocycles. The largest absolute Gasteiger partial charge is 0.487 e. The Hall–Kier alpha value is -2.12. The Labute approximate surface area is 171 Å². The molecule has 0 aromatic heterocycles. The molecule has 3 N–H and O–H groups in total. The summed E-state index contributed by atoms with van der Waals surface area (Å²) in [4.78, 5) is 24.3. The first-order valence-electron chi connectivity index (χ1n) is 10.7. The minimum Gasteiger partial charge on any atom is -0.487 e. The maximum atomic E-state index is 12.2. The van der Waals surface area contributed by atoms with Gasteiger partial charge in [0.1, 0.15) is 18.0 Å². The fourth-order valence-corrected chi connectivity index (χ4v) is 4.31. The Morgan fingerprint density at radius 1 is 1.21 bits per heavy atom. The molecule has 0 bridgehead atoms. The van der Waals surface area contributed by atoms with E-state index in [1.54, 1.807) is 0 Å². The van der Waals surface area contributed by atoms with Gasteiger partial charge in [-0.1, -0.05) is 6.92 Å². The highest BCUT2D eigenvalue weighted by atomic mass is 16.6. The number of carbonyl (C=O) groups is 2. The molecule has 2 amide bonds. The van der Waals surface area contributed by atoms with Gasteiger partial charge in [-0.2, -0.15) is 0 Å². The number of ether oxygens (including phenoxy) is 2. The normalized spacial score (nSPS) is 27.5. The number of fused-ring (bicyclic) bond motifs is 3. The van der Waals surface area contributed by atoms with Crippen molar-refractivity contribution in [3.05, 3.63) is 23.8 Å². The molecule has 0 radical (unpaired) electrons. The average Bonchev–Trinajstić information content (AvgIpc) is 3.44. The second-order valence-corrected chi connectivity index (χ2v) is 8.41. The van der Waals surface area contributed by atoms with Crippen LogP contribution >= 0.6 is 0 Å². The zero-order valence-electron chi connectivity index (χ0n) is 16.9. The summed E-state index contributed by atoms with van der Waals surface area (Å²) in [5, 5.41) is 15.7. The Balaban J connectivity index is 1.46. The number of carbonyl (C=O) groups excluding carboxylic acids is 2. The van der Waals surface area contributed by atoms with E-state index in [0.29, 0.717) is 25.3 Å². The molecular formula is C22H30N2O5. The highest BCUT2D eigenvalue weighted by Gasteiger charge is 2.46. The zero-order valence-corrected chi connectivity index (χ0v) is 16.9. The fourth-order valence-electron chi connectivity index (χ4n) is 4.31. The Morgan fingerprint density at radius 3 is 2.76 bits per heavy atom. The van der Waals surface area contributed by atoms with Crippen molar-refractivity contribution in [3.63, 3.8) is 0 Å². The topological polar surface area (TPSA) is 96.9 Å².